The Kier molecular flexibility index (Phi) is 4.15. The van der Waals surface area contributed by atoms with Crippen LogP contribution in [0, 0.1) is 0 Å². The number of oxime groups is 1. The first kappa shape index (κ1) is 14.5. The number of rotatable bonds is 3. The Hall–Kier alpha value is -1.48. The van der Waals surface area contributed by atoms with Crippen molar-refractivity contribution in [3.63, 3.8) is 0 Å². The third-order valence-corrected chi connectivity index (χ3v) is 1.24. The second-order valence-electron chi connectivity index (χ2n) is 2.59. The summed E-state index contributed by atoms with van der Waals surface area (Å²) in [5.74, 6) is -1.24. The van der Waals surface area contributed by atoms with Crippen LogP contribution in [-0.4, -0.2) is 30.1 Å². The summed E-state index contributed by atoms with van der Waals surface area (Å²) < 4.78 is 70.9. The molecule has 94 valence electrons. The SMILES string of the molecule is CC(ON=C(C(F)(F)F)C(F)(F)F)C(N)=O. The van der Waals surface area contributed by atoms with E-state index in [-0.39, 0.29) is 0 Å². The number of primary amides is 1. The molecule has 1 atom stereocenters. The van der Waals surface area contributed by atoms with Crippen molar-refractivity contribution in [2.24, 2.45) is 10.9 Å². The van der Waals surface area contributed by atoms with Crippen LogP contribution in [0.25, 0.3) is 0 Å². The minimum Gasteiger partial charge on any atom is -0.382 e. The van der Waals surface area contributed by atoms with Crippen LogP contribution in [0.3, 0.4) is 0 Å². The Morgan fingerprint density at radius 1 is 1.19 bits per heavy atom. The van der Waals surface area contributed by atoms with E-state index in [0.29, 0.717) is 0 Å². The quantitative estimate of drug-likeness (QED) is 0.468. The fraction of sp³-hybridized carbons (Fsp3) is 0.667. The van der Waals surface area contributed by atoms with Gasteiger partial charge in [0, 0.05) is 0 Å². The molecule has 0 aromatic carbocycles. The first-order chi connectivity index (χ1) is 6.96. The molecule has 0 radical (unpaired) electrons. The summed E-state index contributed by atoms with van der Waals surface area (Å²) in [6.45, 7) is 0.857. The second kappa shape index (κ2) is 4.58. The third-order valence-electron chi connectivity index (χ3n) is 1.24. The van der Waals surface area contributed by atoms with E-state index in [1.165, 1.54) is 0 Å². The Morgan fingerprint density at radius 3 is 1.81 bits per heavy atom. The van der Waals surface area contributed by atoms with Crippen molar-refractivity contribution in [1.29, 1.82) is 0 Å². The summed E-state index contributed by atoms with van der Waals surface area (Å²) in [7, 11) is 0. The molecule has 0 saturated heterocycles. The predicted octanol–water partition coefficient (Wildman–Crippen LogP) is 1.36. The molecule has 0 aliphatic heterocycles. The van der Waals surface area contributed by atoms with Gasteiger partial charge in [-0.3, -0.25) is 4.79 Å². The van der Waals surface area contributed by atoms with Crippen LogP contribution in [0.1, 0.15) is 6.92 Å². The highest BCUT2D eigenvalue weighted by Crippen LogP contribution is 2.30. The van der Waals surface area contributed by atoms with Crippen LogP contribution in [0.5, 0.6) is 0 Å². The summed E-state index contributed by atoms with van der Waals surface area (Å²) in [4.78, 5) is 14.0. The fourth-order valence-corrected chi connectivity index (χ4v) is 0.448. The number of nitrogens with two attached hydrogens (primary N) is 1. The number of carbonyl (C=O) groups excluding carboxylic acids is 1. The number of amides is 1. The van der Waals surface area contributed by atoms with Gasteiger partial charge in [0.15, 0.2) is 0 Å². The Balaban J connectivity index is 4.94. The molecule has 0 aliphatic carbocycles. The lowest BCUT2D eigenvalue weighted by atomic mass is 10.3. The maximum Gasteiger partial charge on any atom is 0.441 e. The number of alkyl halides is 6. The van der Waals surface area contributed by atoms with Crippen LogP contribution in [0.4, 0.5) is 26.3 Å². The van der Waals surface area contributed by atoms with Crippen molar-refractivity contribution in [3.8, 4) is 0 Å². The fourth-order valence-electron chi connectivity index (χ4n) is 0.448. The molecule has 10 heteroatoms. The molecule has 0 aliphatic rings. The van der Waals surface area contributed by atoms with Crippen molar-refractivity contribution in [3.05, 3.63) is 0 Å². The van der Waals surface area contributed by atoms with Crippen LogP contribution in [-0.2, 0) is 9.63 Å². The van der Waals surface area contributed by atoms with Crippen molar-refractivity contribution >= 4 is 11.6 Å². The Labute approximate surface area is 85.0 Å². The number of hydrogen-bond donors (Lipinski definition) is 1. The highest BCUT2D eigenvalue weighted by Gasteiger charge is 2.54. The van der Waals surface area contributed by atoms with E-state index in [0.717, 1.165) is 6.92 Å². The molecule has 1 unspecified atom stereocenters. The summed E-state index contributed by atoms with van der Waals surface area (Å²) in [6, 6.07) is 0. The monoisotopic (exact) mass is 252 g/mol. The molecule has 0 aromatic heterocycles. The van der Waals surface area contributed by atoms with E-state index in [4.69, 9.17) is 0 Å². The van der Waals surface area contributed by atoms with Crippen LogP contribution < -0.4 is 5.73 Å². The van der Waals surface area contributed by atoms with Gasteiger partial charge in [-0.15, -0.1) is 0 Å². The molecule has 0 fully saturated rings. The average Bonchev–Trinajstić information content (AvgIpc) is 1.98. The number of nitrogens with zero attached hydrogens (tertiary/aromatic N) is 1. The minimum atomic E-state index is -5.73. The standard InChI is InChI=1S/C6H6F6N2O2/c1-2(3(13)15)16-14-4(5(7,8)9)6(10,11)12/h2H,1H3,(H2,13,15). The van der Waals surface area contributed by atoms with Gasteiger partial charge in [0.05, 0.1) is 0 Å². The van der Waals surface area contributed by atoms with Gasteiger partial charge >= 0.3 is 12.4 Å². The lowest BCUT2D eigenvalue weighted by Crippen LogP contribution is -2.38. The minimum absolute atomic E-state index is 0.857. The van der Waals surface area contributed by atoms with E-state index >= 15 is 0 Å². The summed E-state index contributed by atoms with van der Waals surface area (Å²) in [5, 5.41) is 1.85. The Bertz CT molecular complexity index is 278. The first-order valence-corrected chi connectivity index (χ1v) is 3.63. The lowest BCUT2D eigenvalue weighted by Gasteiger charge is -2.13. The van der Waals surface area contributed by atoms with Crippen LogP contribution >= 0.6 is 0 Å². The lowest BCUT2D eigenvalue weighted by molar-refractivity contribution is -0.134. The number of hydrogen-bond acceptors (Lipinski definition) is 3. The third kappa shape index (κ3) is 4.36. The molecular formula is C6H6F6N2O2. The van der Waals surface area contributed by atoms with Crippen LogP contribution in [0.15, 0.2) is 5.16 Å². The number of carbonyl (C=O) groups is 1. The predicted molar refractivity (Wildman–Crippen MR) is 39.3 cm³/mol. The largest absolute Gasteiger partial charge is 0.441 e. The zero-order chi connectivity index (χ0) is 13.1. The van der Waals surface area contributed by atoms with E-state index in [1.807, 2.05) is 5.16 Å². The molecule has 0 spiro atoms. The van der Waals surface area contributed by atoms with Crippen LogP contribution in [0.2, 0.25) is 0 Å². The van der Waals surface area contributed by atoms with E-state index < -0.39 is 30.1 Å². The number of halogens is 6. The molecule has 1 amide bonds. The van der Waals surface area contributed by atoms with Gasteiger partial charge in [0.25, 0.3) is 11.6 Å². The van der Waals surface area contributed by atoms with Crippen molar-refractivity contribution < 1.29 is 36.0 Å². The molecule has 0 heterocycles. The van der Waals surface area contributed by atoms with Gasteiger partial charge in [0.2, 0.25) is 6.10 Å². The molecule has 4 nitrogen and oxygen atoms in total. The molecule has 0 aromatic rings. The molecule has 0 rings (SSSR count). The molecule has 0 saturated carbocycles. The zero-order valence-electron chi connectivity index (χ0n) is 7.69. The normalized spacial score (nSPS) is 14.2. The van der Waals surface area contributed by atoms with Gasteiger partial charge in [-0.2, -0.15) is 26.3 Å². The van der Waals surface area contributed by atoms with Gasteiger partial charge in [-0.1, -0.05) is 5.16 Å². The molecule has 16 heavy (non-hydrogen) atoms. The van der Waals surface area contributed by atoms with Crippen molar-refractivity contribution in [2.75, 3.05) is 0 Å². The maximum absolute atomic E-state index is 11.8. The highest BCUT2D eigenvalue weighted by atomic mass is 19.4. The molecule has 2 N–H and O–H groups in total. The van der Waals surface area contributed by atoms with E-state index in [9.17, 15) is 31.1 Å². The smallest absolute Gasteiger partial charge is 0.382 e. The van der Waals surface area contributed by atoms with E-state index in [1.54, 1.807) is 0 Å². The maximum atomic E-state index is 11.8. The Morgan fingerprint density at radius 2 is 1.56 bits per heavy atom. The first-order valence-electron chi connectivity index (χ1n) is 3.63. The summed E-state index contributed by atoms with van der Waals surface area (Å²) >= 11 is 0. The van der Waals surface area contributed by atoms with Gasteiger partial charge in [-0.05, 0) is 6.92 Å². The topological polar surface area (TPSA) is 64.7 Å². The summed E-state index contributed by atoms with van der Waals surface area (Å²) in [6.07, 6.45) is -13.1. The van der Waals surface area contributed by atoms with Gasteiger partial charge in [-0.25, -0.2) is 0 Å². The second-order valence-corrected chi connectivity index (χ2v) is 2.59. The highest BCUT2D eigenvalue weighted by molar-refractivity contribution is 5.94. The zero-order valence-corrected chi connectivity index (χ0v) is 7.69. The average molecular weight is 252 g/mol. The van der Waals surface area contributed by atoms with E-state index in [2.05, 4.69) is 10.6 Å². The summed E-state index contributed by atoms with van der Waals surface area (Å²) in [5.41, 5.74) is 1.45. The van der Waals surface area contributed by atoms with Crippen molar-refractivity contribution in [1.82, 2.24) is 0 Å². The van der Waals surface area contributed by atoms with Gasteiger partial charge in [0.1, 0.15) is 0 Å². The molecule has 0 bridgehead atoms. The van der Waals surface area contributed by atoms with Gasteiger partial charge < -0.3 is 10.6 Å². The molecular weight excluding hydrogens is 246 g/mol. The van der Waals surface area contributed by atoms with Crippen molar-refractivity contribution in [2.45, 2.75) is 25.4 Å².